The van der Waals surface area contributed by atoms with Gasteiger partial charge in [0.25, 0.3) is 0 Å². The van der Waals surface area contributed by atoms with Crippen molar-refractivity contribution >= 4 is 45.6 Å². The Morgan fingerprint density at radius 1 is 0.500 bits per heavy atom. The predicted octanol–water partition coefficient (Wildman–Crippen LogP) is 5.69. The van der Waals surface area contributed by atoms with E-state index in [0.29, 0.717) is 0 Å². The molecule has 0 saturated carbocycles. The summed E-state index contributed by atoms with van der Waals surface area (Å²) in [5.41, 5.74) is 0. The van der Waals surface area contributed by atoms with Crippen LogP contribution < -0.4 is 5.19 Å². The first-order valence-corrected chi connectivity index (χ1v) is 11.4. The third-order valence-corrected chi connectivity index (χ3v) is 6.57. The van der Waals surface area contributed by atoms with Gasteiger partial charge in [0.15, 0.2) is 0 Å². The quantitative estimate of drug-likeness (QED) is 0.313. The Kier molecular flexibility index (Phi) is 2.88. The maximum absolute atomic E-state index is 2.41. The first-order chi connectivity index (χ1) is 10.5. The van der Waals surface area contributed by atoms with E-state index in [9.17, 15) is 0 Å². The minimum atomic E-state index is -1.26. The highest BCUT2D eigenvalue weighted by Crippen LogP contribution is 2.27. The van der Waals surface area contributed by atoms with E-state index >= 15 is 0 Å². The molecule has 0 N–H and O–H groups in total. The van der Waals surface area contributed by atoms with Crippen molar-refractivity contribution in [1.82, 2.24) is 0 Å². The first kappa shape index (κ1) is 13.5. The van der Waals surface area contributed by atoms with Crippen LogP contribution in [0, 0.1) is 0 Å². The van der Waals surface area contributed by atoms with Crippen molar-refractivity contribution in [3.63, 3.8) is 0 Å². The Bertz CT molecular complexity index is 1010. The van der Waals surface area contributed by atoms with Gasteiger partial charge in [-0.25, -0.2) is 0 Å². The summed E-state index contributed by atoms with van der Waals surface area (Å²) >= 11 is 0. The lowest BCUT2D eigenvalue weighted by Crippen LogP contribution is -2.37. The predicted molar refractivity (Wildman–Crippen MR) is 102 cm³/mol. The smallest absolute Gasteiger partial charge is 0.0656 e. The highest BCUT2D eigenvalue weighted by molar-refractivity contribution is 6.88. The van der Waals surface area contributed by atoms with Gasteiger partial charge < -0.3 is 0 Å². The molecule has 0 radical (unpaired) electrons. The van der Waals surface area contributed by atoms with Gasteiger partial charge in [0, 0.05) is 0 Å². The van der Waals surface area contributed by atoms with Gasteiger partial charge in [-0.15, -0.1) is 0 Å². The molecular weight excluding hydrogens is 280 g/mol. The molecule has 108 valence electrons. The van der Waals surface area contributed by atoms with E-state index in [2.05, 4.69) is 86.4 Å². The van der Waals surface area contributed by atoms with Gasteiger partial charge in [-0.3, -0.25) is 0 Å². The number of fused-ring (bicyclic) bond motifs is 3. The van der Waals surface area contributed by atoms with Crippen molar-refractivity contribution in [2.75, 3.05) is 0 Å². The highest BCUT2D eigenvalue weighted by atomic mass is 28.3. The van der Waals surface area contributed by atoms with Crippen LogP contribution in [0.3, 0.4) is 0 Å². The van der Waals surface area contributed by atoms with E-state index in [-0.39, 0.29) is 0 Å². The Morgan fingerprint density at radius 3 is 1.50 bits per heavy atom. The lowest BCUT2D eigenvalue weighted by atomic mass is 10.00. The highest BCUT2D eigenvalue weighted by Gasteiger charge is 2.16. The molecule has 22 heavy (non-hydrogen) atoms. The van der Waals surface area contributed by atoms with Crippen molar-refractivity contribution in [3.05, 3.63) is 66.7 Å². The van der Waals surface area contributed by atoms with Gasteiger partial charge in [0.1, 0.15) is 0 Å². The minimum Gasteiger partial charge on any atom is -0.0656 e. The summed E-state index contributed by atoms with van der Waals surface area (Å²) in [6, 6.07) is 24.9. The van der Waals surface area contributed by atoms with E-state index in [1.807, 2.05) is 0 Å². The molecule has 0 aliphatic rings. The fraction of sp³-hybridized carbons (Fsp3) is 0.143. The normalized spacial score (nSPS) is 12.3. The van der Waals surface area contributed by atoms with Gasteiger partial charge in [-0.2, -0.15) is 0 Å². The molecule has 4 rings (SSSR count). The van der Waals surface area contributed by atoms with E-state index < -0.39 is 8.07 Å². The third kappa shape index (κ3) is 2.22. The van der Waals surface area contributed by atoms with Crippen LogP contribution in [0.5, 0.6) is 0 Å². The topological polar surface area (TPSA) is 0 Å². The largest absolute Gasteiger partial charge is 0.0776 e. The zero-order chi connectivity index (χ0) is 15.3. The van der Waals surface area contributed by atoms with Gasteiger partial charge >= 0.3 is 0 Å². The molecule has 0 amide bonds. The zero-order valence-corrected chi connectivity index (χ0v) is 14.4. The van der Waals surface area contributed by atoms with Gasteiger partial charge in [-0.05, 0) is 56.6 Å². The van der Waals surface area contributed by atoms with Gasteiger partial charge in [-0.1, -0.05) is 67.3 Å². The molecule has 0 aromatic heterocycles. The van der Waals surface area contributed by atoms with Crippen LogP contribution in [0.1, 0.15) is 0 Å². The van der Waals surface area contributed by atoms with Crippen LogP contribution in [0.2, 0.25) is 19.6 Å². The fourth-order valence-corrected chi connectivity index (χ4v) is 4.33. The van der Waals surface area contributed by atoms with Crippen LogP contribution >= 0.6 is 0 Å². The lowest BCUT2D eigenvalue weighted by Gasteiger charge is -2.17. The molecule has 4 aromatic carbocycles. The van der Waals surface area contributed by atoms with E-state index in [1.165, 1.54) is 37.5 Å². The molecule has 1 heteroatoms. The Balaban J connectivity index is 2.03. The monoisotopic (exact) mass is 300 g/mol. The Morgan fingerprint density at radius 2 is 0.955 bits per heavy atom. The molecule has 0 atom stereocenters. The van der Waals surface area contributed by atoms with Crippen molar-refractivity contribution < 1.29 is 0 Å². The molecule has 4 aromatic rings. The average molecular weight is 300 g/mol. The average Bonchev–Trinajstić information content (AvgIpc) is 2.49. The maximum atomic E-state index is 2.41. The fourth-order valence-electron chi connectivity index (χ4n) is 3.16. The van der Waals surface area contributed by atoms with E-state index in [4.69, 9.17) is 0 Å². The van der Waals surface area contributed by atoms with Crippen LogP contribution in [0.4, 0.5) is 0 Å². The molecule has 0 unspecified atom stereocenters. The maximum Gasteiger partial charge on any atom is 0.0776 e. The number of hydrogen-bond acceptors (Lipinski definition) is 0. The van der Waals surface area contributed by atoms with Crippen LogP contribution in [0.25, 0.3) is 32.3 Å². The Hall–Kier alpha value is -2.12. The summed E-state index contributed by atoms with van der Waals surface area (Å²) in [7, 11) is -1.26. The molecule has 0 aliphatic carbocycles. The van der Waals surface area contributed by atoms with Crippen LogP contribution in [-0.2, 0) is 0 Å². The van der Waals surface area contributed by atoms with Gasteiger partial charge in [0.05, 0.1) is 8.07 Å². The number of rotatable bonds is 1. The molecule has 0 nitrogen and oxygen atoms in total. The molecule has 0 heterocycles. The third-order valence-electron chi connectivity index (χ3n) is 4.53. The van der Waals surface area contributed by atoms with Gasteiger partial charge in [0.2, 0.25) is 0 Å². The van der Waals surface area contributed by atoms with E-state index in [0.717, 1.165) is 0 Å². The molecule has 0 fully saturated rings. The molecule has 0 saturated heterocycles. The van der Waals surface area contributed by atoms with Crippen LogP contribution in [0.15, 0.2) is 66.7 Å². The molecular formula is C21H20Si. The molecule has 0 spiro atoms. The number of benzene rings is 4. The SMILES string of the molecule is C[Si](C)(C)c1ccc2cc3cc4ccccc4cc3cc2c1. The van der Waals surface area contributed by atoms with Crippen molar-refractivity contribution in [2.45, 2.75) is 19.6 Å². The van der Waals surface area contributed by atoms with Crippen molar-refractivity contribution in [3.8, 4) is 0 Å². The van der Waals surface area contributed by atoms with Crippen LogP contribution in [-0.4, -0.2) is 8.07 Å². The summed E-state index contributed by atoms with van der Waals surface area (Å²) in [4.78, 5) is 0. The number of hydrogen-bond donors (Lipinski definition) is 0. The first-order valence-electron chi connectivity index (χ1n) is 7.87. The van der Waals surface area contributed by atoms with Crippen molar-refractivity contribution in [2.24, 2.45) is 0 Å². The summed E-state index contributed by atoms with van der Waals surface area (Å²) in [6.45, 7) is 7.22. The second kappa shape index (κ2) is 4.69. The standard InChI is InChI=1S/C21H20Si/c1-22(2,3)21-9-8-17-12-18-10-15-6-4-5-7-16(15)11-19(18)13-20(17)14-21/h4-14H,1-3H3. The summed E-state index contributed by atoms with van der Waals surface area (Å²) in [5, 5.41) is 9.52. The van der Waals surface area contributed by atoms with E-state index in [1.54, 1.807) is 0 Å². The van der Waals surface area contributed by atoms with Crippen molar-refractivity contribution in [1.29, 1.82) is 0 Å². The minimum absolute atomic E-state index is 1.26. The summed E-state index contributed by atoms with van der Waals surface area (Å²) in [5.74, 6) is 0. The second-order valence-electron chi connectivity index (χ2n) is 7.21. The zero-order valence-electron chi connectivity index (χ0n) is 13.4. The summed E-state index contributed by atoms with van der Waals surface area (Å²) in [6.07, 6.45) is 0. The second-order valence-corrected chi connectivity index (χ2v) is 12.3. The molecule has 0 bridgehead atoms. The molecule has 0 aliphatic heterocycles. The lowest BCUT2D eigenvalue weighted by molar-refractivity contribution is 1.72. The summed E-state index contributed by atoms with van der Waals surface area (Å²) < 4.78 is 0. The Labute approximate surface area is 132 Å².